The Labute approximate surface area is 164 Å². The number of aromatic nitrogens is 1. The molecule has 5 heteroatoms. The zero-order chi connectivity index (χ0) is 18.4. The van der Waals surface area contributed by atoms with E-state index in [1.807, 2.05) is 18.2 Å². The van der Waals surface area contributed by atoms with Crippen LogP contribution in [0, 0.1) is 0 Å². The lowest BCUT2D eigenvalue weighted by atomic mass is 10.2. The van der Waals surface area contributed by atoms with E-state index in [-0.39, 0.29) is 0 Å². The van der Waals surface area contributed by atoms with Gasteiger partial charge in [0.15, 0.2) is 0 Å². The molecule has 0 amide bonds. The molecule has 1 heterocycles. The summed E-state index contributed by atoms with van der Waals surface area (Å²) in [7, 11) is 0. The molecule has 0 atom stereocenters. The summed E-state index contributed by atoms with van der Waals surface area (Å²) in [5.74, 6) is 0.929. The van der Waals surface area contributed by atoms with E-state index in [1.165, 1.54) is 10.3 Å². The van der Waals surface area contributed by atoms with Crippen LogP contribution >= 0.6 is 22.9 Å². The fraction of sp³-hybridized carbons (Fsp3) is 0.381. The second-order valence-electron chi connectivity index (χ2n) is 6.27. The second kappa shape index (κ2) is 9.36. The molecule has 0 N–H and O–H groups in total. The van der Waals surface area contributed by atoms with Gasteiger partial charge in [0.05, 0.1) is 21.8 Å². The lowest BCUT2D eigenvalue weighted by Crippen LogP contribution is -2.25. The molecule has 0 bridgehead atoms. The molecule has 3 rings (SSSR count). The highest BCUT2D eigenvalue weighted by Crippen LogP contribution is 2.28. The maximum absolute atomic E-state index is 5.95. The van der Waals surface area contributed by atoms with E-state index in [1.54, 1.807) is 11.3 Å². The van der Waals surface area contributed by atoms with Gasteiger partial charge in [0.2, 0.25) is 0 Å². The van der Waals surface area contributed by atoms with Crippen molar-refractivity contribution in [2.45, 2.75) is 26.7 Å². The van der Waals surface area contributed by atoms with Crippen LogP contribution in [0.1, 0.15) is 30.8 Å². The van der Waals surface area contributed by atoms with Gasteiger partial charge < -0.3 is 9.64 Å². The van der Waals surface area contributed by atoms with Crippen molar-refractivity contribution in [2.75, 3.05) is 26.2 Å². The normalized spacial score (nSPS) is 11.4. The van der Waals surface area contributed by atoms with Crippen LogP contribution in [0.25, 0.3) is 10.2 Å². The van der Waals surface area contributed by atoms with Crippen molar-refractivity contribution in [3.63, 3.8) is 0 Å². The average molecular weight is 389 g/mol. The molecule has 0 aliphatic carbocycles. The Morgan fingerprint density at radius 3 is 2.58 bits per heavy atom. The van der Waals surface area contributed by atoms with Crippen LogP contribution in [-0.4, -0.2) is 36.1 Å². The van der Waals surface area contributed by atoms with E-state index in [9.17, 15) is 0 Å². The first-order valence-electron chi connectivity index (χ1n) is 9.17. The number of halogens is 1. The predicted octanol–water partition coefficient (Wildman–Crippen LogP) is 5.65. The highest BCUT2D eigenvalue weighted by Gasteiger charge is 2.07. The molecular weight excluding hydrogens is 364 g/mol. The first kappa shape index (κ1) is 19.2. The zero-order valence-electron chi connectivity index (χ0n) is 15.4. The number of hydrogen-bond acceptors (Lipinski definition) is 4. The molecule has 0 unspecified atom stereocenters. The van der Waals surface area contributed by atoms with Crippen molar-refractivity contribution in [3.05, 3.63) is 58.1 Å². The van der Waals surface area contributed by atoms with Crippen LogP contribution in [0.15, 0.2) is 42.5 Å². The molecule has 3 aromatic rings. The van der Waals surface area contributed by atoms with Gasteiger partial charge in [-0.05, 0) is 55.4 Å². The molecule has 26 heavy (non-hydrogen) atoms. The second-order valence-corrected chi connectivity index (χ2v) is 7.82. The van der Waals surface area contributed by atoms with Crippen molar-refractivity contribution in [3.8, 4) is 5.75 Å². The minimum atomic E-state index is 0.748. The van der Waals surface area contributed by atoms with Crippen LogP contribution < -0.4 is 4.74 Å². The molecule has 0 saturated carbocycles. The fourth-order valence-corrected chi connectivity index (χ4v) is 4.07. The number of ether oxygens (including phenoxy) is 1. The van der Waals surface area contributed by atoms with Crippen LogP contribution in [0.5, 0.6) is 5.75 Å². The lowest BCUT2D eigenvalue weighted by molar-refractivity contribution is 0.249. The van der Waals surface area contributed by atoms with Crippen molar-refractivity contribution >= 4 is 33.2 Å². The lowest BCUT2D eigenvalue weighted by Gasteiger charge is -2.17. The fourth-order valence-electron chi connectivity index (χ4n) is 2.91. The predicted molar refractivity (Wildman–Crippen MR) is 112 cm³/mol. The van der Waals surface area contributed by atoms with E-state index in [4.69, 9.17) is 21.3 Å². The van der Waals surface area contributed by atoms with Crippen LogP contribution in [0.2, 0.25) is 5.02 Å². The SMILES string of the molecule is CCN(CC)CCCOc1ccc2nc(Cc3ccc(Cl)cc3)sc2c1. The topological polar surface area (TPSA) is 25.4 Å². The van der Waals surface area contributed by atoms with Crippen LogP contribution in [0.3, 0.4) is 0 Å². The molecular formula is C21H25ClN2OS. The van der Waals surface area contributed by atoms with Gasteiger partial charge in [0.25, 0.3) is 0 Å². The van der Waals surface area contributed by atoms with Crippen LogP contribution in [-0.2, 0) is 6.42 Å². The monoisotopic (exact) mass is 388 g/mol. The molecule has 0 spiro atoms. The molecule has 2 aromatic carbocycles. The number of nitrogens with zero attached hydrogens (tertiary/aromatic N) is 2. The Hall–Kier alpha value is -1.62. The summed E-state index contributed by atoms with van der Waals surface area (Å²) in [4.78, 5) is 7.15. The van der Waals surface area contributed by atoms with Gasteiger partial charge in [-0.25, -0.2) is 4.98 Å². The molecule has 1 aromatic heterocycles. The Kier molecular flexibility index (Phi) is 6.89. The summed E-state index contributed by atoms with van der Waals surface area (Å²) in [6, 6.07) is 14.1. The third kappa shape index (κ3) is 5.19. The minimum absolute atomic E-state index is 0.748. The molecule has 0 saturated heterocycles. The van der Waals surface area contributed by atoms with E-state index in [2.05, 4.69) is 43.0 Å². The van der Waals surface area contributed by atoms with E-state index < -0.39 is 0 Å². The van der Waals surface area contributed by atoms with Crippen LogP contribution in [0.4, 0.5) is 0 Å². The Morgan fingerprint density at radius 2 is 1.85 bits per heavy atom. The average Bonchev–Trinajstić information content (AvgIpc) is 3.05. The van der Waals surface area contributed by atoms with Gasteiger partial charge in [-0.15, -0.1) is 11.3 Å². The maximum atomic E-state index is 5.95. The Morgan fingerprint density at radius 1 is 1.08 bits per heavy atom. The Balaban J connectivity index is 1.59. The Bertz CT molecular complexity index is 828. The number of benzene rings is 2. The van der Waals surface area contributed by atoms with Gasteiger partial charge in [-0.1, -0.05) is 37.6 Å². The third-order valence-corrected chi connectivity index (χ3v) is 5.72. The quantitative estimate of drug-likeness (QED) is 0.443. The summed E-state index contributed by atoms with van der Waals surface area (Å²) in [5, 5.41) is 1.88. The molecule has 0 aliphatic heterocycles. The van der Waals surface area contributed by atoms with Gasteiger partial charge in [0, 0.05) is 18.0 Å². The van der Waals surface area contributed by atoms with Gasteiger partial charge in [-0.2, -0.15) is 0 Å². The summed E-state index contributed by atoms with van der Waals surface area (Å²) >= 11 is 7.68. The van der Waals surface area contributed by atoms with Crippen molar-refractivity contribution in [1.29, 1.82) is 0 Å². The standard InChI is InChI=1S/C21H25ClN2OS/c1-3-24(4-2)12-5-13-25-18-10-11-19-20(15-18)26-21(23-19)14-16-6-8-17(22)9-7-16/h6-11,15H,3-5,12-14H2,1-2H3. The highest BCUT2D eigenvalue weighted by atomic mass is 35.5. The van der Waals surface area contributed by atoms with Gasteiger partial charge in [-0.3, -0.25) is 0 Å². The largest absolute Gasteiger partial charge is 0.493 e. The molecule has 0 aliphatic rings. The van der Waals surface area contributed by atoms with E-state index in [0.29, 0.717) is 0 Å². The first-order chi connectivity index (χ1) is 12.7. The number of hydrogen-bond donors (Lipinski definition) is 0. The van der Waals surface area contributed by atoms with Gasteiger partial charge in [0.1, 0.15) is 5.75 Å². The highest BCUT2D eigenvalue weighted by molar-refractivity contribution is 7.18. The van der Waals surface area contributed by atoms with Crippen molar-refractivity contribution in [1.82, 2.24) is 9.88 Å². The summed E-state index contributed by atoms with van der Waals surface area (Å²) in [6.07, 6.45) is 1.88. The third-order valence-electron chi connectivity index (χ3n) is 4.45. The molecule has 0 radical (unpaired) electrons. The van der Waals surface area contributed by atoms with Crippen molar-refractivity contribution in [2.24, 2.45) is 0 Å². The summed E-state index contributed by atoms with van der Waals surface area (Å²) in [6.45, 7) is 8.42. The smallest absolute Gasteiger partial charge is 0.120 e. The van der Waals surface area contributed by atoms with Crippen molar-refractivity contribution < 1.29 is 4.74 Å². The number of thiazole rings is 1. The summed E-state index contributed by atoms with van der Waals surface area (Å²) < 4.78 is 7.11. The molecule has 3 nitrogen and oxygen atoms in total. The van der Waals surface area contributed by atoms with E-state index in [0.717, 1.165) is 60.4 Å². The number of fused-ring (bicyclic) bond motifs is 1. The minimum Gasteiger partial charge on any atom is -0.493 e. The maximum Gasteiger partial charge on any atom is 0.120 e. The summed E-state index contributed by atoms with van der Waals surface area (Å²) in [5.41, 5.74) is 2.26. The first-order valence-corrected chi connectivity index (χ1v) is 10.4. The van der Waals surface area contributed by atoms with Gasteiger partial charge >= 0.3 is 0 Å². The molecule has 0 fully saturated rings. The molecule has 138 valence electrons. The zero-order valence-corrected chi connectivity index (χ0v) is 16.9. The number of rotatable bonds is 9. The van der Waals surface area contributed by atoms with E-state index >= 15 is 0 Å².